The minimum atomic E-state index is -1.13. The third kappa shape index (κ3) is 3.02. The Hall–Kier alpha value is -2.82. The van der Waals surface area contributed by atoms with Crippen LogP contribution in [0.15, 0.2) is 48.4 Å². The summed E-state index contributed by atoms with van der Waals surface area (Å²) in [5, 5.41) is 9.77. The second kappa shape index (κ2) is 6.09. The maximum Gasteiger partial charge on any atom is 0.371 e. The van der Waals surface area contributed by atoms with Gasteiger partial charge in [-0.1, -0.05) is 30.4 Å². The van der Waals surface area contributed by atoms with E-state index in [-0.39, 0.29) is 11.7 Å². The normalized spacial score (nSPS) is 12.0. The largest absolute Gasteiger partial charge is 0.490 e. The second-order valence-electron chi connectivity index (χ2n) is 4.39. The maximum absolute atomic E-state index is 11.6. The summed E-state index contributed by atoms with van der Waals surface area (Å²) in [6.07, 6.45) is 6.41. The predicted octanol–water partition coefficient (Wildman–Crippen LogP) is 2.93. The van der Waals surface area contributed by atoms with Crippen LogP contribution in [0.5, 0.6) is 0 Å². The fourth-order valence-corrected chi connectivity index (χ4v) is 2.07. The van der Waals surface area contributed by atoms with Crippen LogP contribution in [0.2, 0.25) is 0 Å². The van der Waals surface area contributed by atoms with Crippen molar-refractivity contribution in [3.8, 4) is 0 Å². The number of carboxylic acid groups (broad SMARTS) is 1. The van der Waals surface area contributed by atoms with Gasteiger partial charge in [-0.05, 0) is 12.1 Å². The molecule has 0 amide bonds. The number of ether oxygens (including phenoxy) is 1. The fourth-order valence-electron chi connectivity index (χ4n) is 2.07. The summed E-state index contributed by atoms with van der Waals surface area (Å²) in [6.45, 7) is 1.49. The molecule has 5 nitrogen and oxygen atoms in total. The number of aromatic nitrogens is 1. The maximum atomic E-state index is 11.6. The molecule has 0 atom stereocenters. The molecule has 0 spiro atoms. The van der Waals surface area contributed by atoms with E-state index < -0.39 is 5.97 Å². The van der Waals surface area contributed by atoms with Gasteiger partial charge >= 0.3 is 5.97 Å². The highest BCUT2D eigenvalue weighted by Gasteiger charge is 2.08. The standard InChI is InChI=1S/C16H15NO4/c1-11(18)17-10-12(13-7-3-4-8-14(13)17)6-5-9-15(21-2)16(19)20/h3-10H,1-2H3,(H,19,20). The number of para-hydroxylation sites is 1. The van der Waals surface area contributed by atoms with Gasteiger partial charge in [0.2, 0.25) is 11.7 Å². The molecule has 0 unspecified atom stereocenters. The van der Waals surface area contributed by atoms with Gasteiger partial charge in [-0.25, -0.2) is 4.79 Å². The minimum Gasteiger partial charge on any atom is -0.490 e. The first-order valence-electron chi connectivity index (χ1n) is 6.31. The van der Waals surface area contributed by atoms with E-state index in [0.29, 0.717) is 0 Å². The van der Waals surface area contributed by atoms with E-state index in [9.17, 15) is 9.59 Å². The predicted molar refractivity (Wildman–Crippen MR) is 80.0 cm³/mol. The Morgan fingerprint density at radius 1 is 1.29 bits per heavy atom. The molecule has 0 saturated heterocycles. The SMILES string of the molecule is COC(=CC=Cc1cn(C(C)=O)c2ccccc12)C(=O)O. The first kappa shape index (κ1) is 14.6. The van der Waals surface area contributed by atoms with Crippen molar-refractivity contribution in [3.05, 3.63) is 53.9 Å². The van der Waals surface area contributed by atoms with Crippen molar-refractivity contribution in [2.24, 2.45) is 0 Å². The molecule has 2 rings (SSSR count). The lowest BCUT2D eigenvalue weighted by molar-refractivity contribution is -0.136. The number of carbonyl (C=O) groups is 2. The zero-order valence-electron chi connectivity index (χ0n) is 11.7. The van der Waals surface area contributed by atoms with E-state index >= 15 is 0 Å². The highest BCUT2D eigenvalue weighted by molar-refractivity contribution is 5.97. The average Bonchev–Trinajstić information content (AvgIpc) is 2.82. The van der Waals surface area contributed by atoms with Gasteiger partial charge < -0.3 is 9.84 Å². The van der Waals surface area contributed by atoms with E-state index in [2.05, 4.69) is 0 Å². The molecule has 1 aromatic carbocycles. The second-order valence-corrected chi connectivity index (χ2v) is 4.39. The van der Waals surface area contributed by atoms with Crippen molar-refractivity contribution in [3.63, 3.8) is 0 Å². The molecular formula is C16H15NO4. The van der Waals surface area contributed by atoms with Crippen molar-refractivity contribution in [1.29, 1.82) is 0 Å². The number of hydrogen-bond donors (Lipinski definition) is 1. The lowest BCUT2D eigenvalue weighted by Crippen LogP contribution is -2.02. The Balaban J connectivity index is 2.44. The minimum absolute atomic E-state index is 0.0792. The smallest absolute Gasteiger partial charge is 0.371 e. The number of allylic oxidation sites excluding steroid dienone is 2. The summed E-state index contributed by atoms with van der Waals surface area (Å²) in [4.78, 5) is 22.4. The van der Waals surface area contributed by atoms with Gasteiger partial charge in [0.15, 0.2) is 0 Å². The van der Waals surface area contributed by atoms with Crippen LogP contribution < -0.4 is 0 Å². The molecule has 1 heterocycles. The van der Waals surface area contributed by atoms with Gasteiger partial charge in [0.25, 0.3) is 0 Å². The van der Waals surface area contributed by atoms with Gasteiger partial charge in [0, 0.05) is 24.1 Å². The third-order valence-electron chi connectivity index (χ3n) is 3.04. The van der Waals surface area contributed by atoms with Gasteiger partial charge in [0.05, 0.1) is 12.6 Å². The molecule has 0 fully saturated rings. The van der Waals surface area contributed by atoms with Crippen LogP contribution >= 0.6 is 0 Å². The molecule has 1 N–H and O–H groups in total. The Kier molecular flexibility index (Phi) is 4.23. The summed E-state index contributed by atoms with van der Waals surface area (Å²) in [5.41, 5.74) is 1.65. The summed E-state index contributed by atoms with van der Waals surface area (Å²) in [6, 6.07) is 7.52. The number of nitrogens with zero attached hydrogens (tertiary/aromatic N) is 1. The fraction of sp³-hybridized carbons (Fsp3) is 0.125. The molecule has 0 radical (unpaired) electrons. The quantitative estimate of drug-likeness (QED) is 0.533. The Morgan fingerprint density at radius 2 is 2.00 bits per heavy atom. The van der Waals surface area contributed by atoms with Crippen LogP contribution in [0.25, 0.3) is 17.0 Å². The van der Waals surface area contributed by atoms with Crippen molar-refractivity contribution >= 4 is 28.9 Å². The van der Waals surface area contributed by atoms with E-state index in [1.165, 1.54) is 20.1 Å². The van der Waals surface area contributed by atoms with E-state index in [4.69, 9.17) is 9.84 Å². The highest BCUT2D eigenvalue weighted by Crippen LogP contribution is 2.22. The Labute approximate surface area is 121 Å². The van der Waals surface area contributed by atoms with Crippen LogP contribution in [0, 0.1) is 0 Å². The molecule has 0 saturated carbocycles. The van der Waals surface area contributed by atoms with E-state index in [1.54, 1.807) is 22.9 Å². The van der Waals surface area contributed by atoms with Crippen LogP contribution in [-0.4, -0.2) is 28.7 Å². The summed E-state index contributed by atoms with van der Waals surface area (Å²) in [7, 11) is 1.30. The number of aliphatic carboxylic acids is 1. The van der Waals surface area contributed by atoms with Gasteiger partial charge in [-0.3, -0.25) is 9.36 Å². The van der Waals surface area contributed by atoms with Crippen LogP contribution in [0.4, 0.5) is 0 Å². The molecule has 1 aromatic heterocycles. The molecule has 0 aliphatic heterocycles. The van der Waals surface area contributed by atoms with Crippen molar-refractivity contribution in [1.82, 2.24) is 4.57 Å². The van der Waals surface area contributed by atoms with E-state index in [0.717, 1.165) is 16.5 Å². The van der Waals surface area contributed by atoms with Gasteiger partial charge in [0.1, 0.15) is 0 Å². The number of benzene rings is 1. The summed E-state index contributed by atoms with van der Waals surface area (Å²) >= 11 is 0. The van der Waals surface area contributed by atoms with Gasteiger partial charge in [-0.2, -0.15) is 0 Å². The van der Waals surface area contributed by atoms with Crippen LogP contribution in [0.1, 0.15) is 17.3 Å². The number of methoxy groups -OCH3 is 1. The molecule has 0 aliphatic carbocycles. The molecular weight excluding hydrogens is 270 g/mol. The number of carbonyl (C=O) groups excluding carboxylic acids is 1. The first-order valence-corrected chi connectivity index (χ1v) is 6.31. The van der Waals surface area contributed by atoms with Crippen molar-refractivity contribution in [2.75, 3.05) is 7.11 Å². The third-order valence-corrected chi connectivity index (χ3v) is 3.04. The molecule has 2 aromatic rings. The van der Waals surface area contributed by atoms with Crippen molar-refractivity contribution < 1.29 is 19.4 Å². The monoisotopic (exact) mass is 285 g/mol. The first-order chi connectivity index (χ1) is 10.0. The van der Waals surface area contributed by atoms with Crippen LogP contribution in [-0.2, 0) is 9.53 Å². The zero-order valence-corrected chi connectivity index (χ0v) is 11.7. The zero-order chi connectivity index (χ0) is 15.4. The Bertz CT molecular complexity index is 753. The number of carboxylic acids is 1. The van der Waals surface area contributed by atoms with E-state index in [1.807, 2.05) is 24.3 Å². The summed E-state index contributed by atoms with van der Waals surface area (Å²) < 4.78 is 6.29. The van der Waals surface area contributed by atoms with Crippen molar-refractivity contribution in [2.45, 2.75) is 6.92 Å². The summed E-state index contributed by atoms with van der Waals surface area (Å²) in [5.74, 6) is -1.36. The molecule has 0 bridgehead atoms. The lowest BCUT2D eigenvalue weighted by atomic mass is 10.1. The molecule has 21 heavy (non-hydrogen) atoms. The highest BCUT2D eigenvalue weighted by atomic mass is 16.5. The van der Waals surface area contributed by atoms with Gasteiger partial charge in [-0.15, -0.1) is 0 Å². The molecule has 0 aliphatic rings. The average molecular weight is 285 g/mol. The topological polar surface area (TPSA) is 68.5 Å². The number of hydrogen-bond acceptors (Lipinski definition) is 3. The lowest BCUT2D eigenvalue weighted by Gasteiger charge is -1.97. The molecule has 108 valence electrons. The molecule has 5 heteroatoms. The van der Waals surface area contributed by atoms with Crippen LogP contribution in [0.3, 0.4) is 0 Å². The number of fused-ring (bicyclic) bond motifs is 1. The number of rotatable bonds is 4. The Morgan fingerprint density at radius 3 is 2.62 bits per heavy atom.